The first kappa shape index (κ1) is 9.35. The molecule has 0 aliphatic heterocycles. The molecule has 4 heteroatoms. The summed E-state index contributed by atoms with van der Waals surface area (Å²) in [6, 6.07) is 3.07. The second-order valence-electron chi connectivity index (χ2n) is 2.27. The first-order chi connectivity index (χ1) is 5.69. The van der Waals surface area contributed by atoms with Gasteiger partial charge in [0.2, 0.25) is 0 Å². The minimum atomic E-state index is -0.113. The number of ether oxygens (including phenoxy) is 1. The summed E-state index contributed by atoms with van der Waals surface area (Å²) in [6.07, 6.45) is 0. The molecule has 3 nitrogen and oxygen atoms in total. The molecule has 0 aliphatic carbocycles. The van der Waals surface area contributed by atoms with Crippen molar-refractivity contribution >= 4 is 15.9 Å². The molecule has 1 aromatic rings. The number of benzene rings is 1. The van der Waals surface area contributed by atoms with Crippen LogP contribution in [0.5, 0.6) is 11.5 Å². The van der Waals surface area contributed by atoms with E-state index in [1.54, 1.807) is 6.07 Å². The van der Waals surface area contributed by atoms with Crippen LogP contribution in [0.3, 0.4) is 0 Å². The standard InChI is InChI=1S/C8H9BrO3/c1-12-8-3-6(9)5(4-10)2-7(8)11/h2-3,10-11H,4H2,1H3. The molecule has 0 fully saturated rings. The van der Waals surface area contributed by atoms with Gasteiger partial charge in [0.1, 0.15) is 0 Å². The van der Waals surface area contributed by atoms with Gasteiger partial charge >= 0.3 is 0 Å². The lowest BCUT2D eigenvalue weighted by atomic mass is 10.2. The fourth-order valence-corrected chi connectivity index (χ4v) is 1.32. The molecular weight excluding hydrogens is 224 g/mol. The summed E-state index contributed by atoms with van der Waals surface area (Å²) in [4.78, 5) is 0. The van der Waals surface area contributed by atoms with Crippen LogP contribution in [0.1, 0.15) is 5.56 Å². The highest BCUT2D eigenvalue weighted by Gasteiger charge is 2.06. The van der Waals surface area contributed by atoms with Crippen LogP contribution >= 0.6 is 15.9 Å². The first-order valence-electron chi connectivity index (χ1n) is 3.35. The SMILES string of the molecule is COc1cc(Br)c(CO)cc1O. The molecule has 0 unspecified atom stereocenters. The Morgan fingerprint density at radius 2 is 2.17 bits per heavy atom. The maximum atomic E-state index is 9.29. The highest BCUT2D eigenvalue weighted by atomic mass is 79.9. The lowest BCUT2D eigenvalue weighted by Gasteiger charge is -2.06. The van der Waals surface area contributed by atoms with Crippen LogP contribution in [-0.2, 0) is 6.61 Å². The molecule has 0 amide bonds. The van der Waals surface area contributed by atoms with Crippen molar-refractivity contribution in [3.8, 4) is 11.5 Å². The summed E-state index contributed by atoms with van der Waals surface area (Å²) in [5, 5.41) is 18.1. The molecular formula is C8H9BrO3. The predicted octanol–water partition coefficient (Wildman–Crippen LogP) is 1.66. The molecule has 12 heavy (non-hydrogen) atoms. The summed E-state index contributed by atoms with van der Waals surface area (Å²) in [5.74, 6) is 0.420. The Balaban J connectivity index is 3.16. The molecule has 0 heterocycles. The third-order valence-corrected chi connectivity index (χ3v) is 2.26. The van der Waals surface area contributed by atoms with Crippen LogP contribution in [0.15, 0.2) is 16.6 Å². The average Bonchev–Trinajstić information content (AvgIpc) is 2.08. The van der Waals surface area contributed by atoms with Gasteiger partial charge in [-0.15, -0.1) is 0 Å². The molecule has 1 rings (SSSR count). The Hall–Kier alpha value is -0.740. The molecule has 0 bridgehead atoms. The van der Waals surface area contributed by atoms with E-state index >= 15 is 0 Å². The smallest absolute Gasteiger partial charge is 0.161 e. The van der Waals surface area contributed by atoms with Crippen LogP contribution in [0.4, 0.5) is 0 Å². The zero-order chi connectivity index (χ0) is 9.14. The second-order valence-corrected chi connectivity index (χ2v) is 3.13. The van der Waals surface area contributed by atoms with E-state index < -0.39 is 0 Å². The lowest BCUT2D eigenvalue weighted by molar-refractivity contribution is 0.279. The molecule has 1 aromatic carbocycles. The van der Waals surface area contributed by atoms with Crippen LogP contribution < -0.4 is 4.74 Å². The van der Waals surface area contributed by atoms with Crippen LogP contribution in [0.2, 0.25) is 0 Å². The molecule has 0 saturated carbocycles. The summed E-state index contributed by atoms with van der Waals surface area (Å²) in [5.41, 5.74) is 0.633. The van der Waals surface area contributed by atoms with Gasteiger partial charge in [0, 0.05) is 4.47 Å². The Bertz CT molecular complexity index is 256. The van der Waals surface area contributed by atoms with Crippen molar-refractivity contribution in [2.45, 2.75) is 6.61 Å². The number of hydrogen-bond acceptors (Lipinski definition) is 3. The third kappa shape index (κ3) is 1.70. The average molecular weight is 233 g/mol. The van der Waals surface area contributed by atoms with Crippen molar-refractivity contribution in [2.24, 2.45) is 0 Å². The van der Waals surface area contributed by atoms with E-state index in [1.165, 1.54) is 13.2 Å². The van der Waals surface area contributed by atoms with E-state index in [1.807, 2.05) is 0 Å². The zero-order valence-electron chi connectivity index (χ0n) is 6.54. The highest BCUT2D eigenvalue weighted by molar-refractivity contribution is 9.10. The van der Waals surface area contributed by atoms with Gasteiger partial charge in [-0.05, 0) is 17.7 Å². The van der Waals surface area contributed by atoms with Gasteiger partial charge in [-0.3, -0.25) is 0 Å². The molecule has 66 valence electrons. The Labute approximate surface area is 78.7 Å². The minimum Gasteiger partial charge on any atom is -0.504 e. The van der Waals surface area contributed by atoms with E-state index in [9.17, 15) is 5.11 Å². The van der Waals surface area contributed by atoms with Crippen molar-refractivity contribution in [3.63, 3.8) is 0 Å². The number of aliphatic hydroxyl groups is 1. The van der Waals surface area contributed by atoms with E-state index in [-0.39, 0.29) is 12.4 Å². The molecule has 0 atom stereocenters. The molecule has 0 radical (unpaired) electrons. The topological polar surface area (TPSA) is 49.7 Å². The molecule has 0 saturated heterocycles. The second kappa shape index (κ2) is 3.78. The number of methoxy groups -OCH3 is 1. The fourth-order valence-electron chi connectivity index (χ4n) is 0.872. The summed E-state index contributed by atoms with van der Waals surface area (Å²) < 4.78 is 5.59. The number of phenols is 1. The Morgan fingerprint density at radius 1 is 1.50 bits per heavy atom. The Morgan fingerprint density at radius 3 is 2.67 bits per heavy atom. The van der Waals surface area contributed by atoms with E-state index in [0.717, 1.165) is 4.47 Å². The highest BCUT2D eigenvalue weighted by Crippen LogP contribution is 2.32. The van der Waals surface area contributed by atoms with E-state index in [0.29, 0.717) is 11.3 Å². The van der Waals surface area contributed by atoms with E-state index in [4.69, 9.17) is 9.84 Å². The van der Waals surface area contributed by atoms with Crippen molar-refractivity contribution in [1.29, 1.82) is 0 Å². The van der Waals surface area contributed by atoms with Gasteiger partial charge in [-0.25, -0.2) is 0 Å². The van der Waals surface area contributed by atoms with Crippen molar-refractivity contribution < 1.29 is 14.9 Å². The van der Waals surface area contributed by atoms with Gasteiger partial charge in [-0.1, -0.05) is 15.9 Å². The number of aromatic hydroxyl groups is 1. The summed E-state index contributed by atoms with van der Waals surface area (Å²) in [6.45, 7) is -0.113. The normalized spacial score (nSPS) is 9.92. The van der Waals surface area contributed by atoms with Gasteiger partial charge in [-0.2, -0.15) is 0 Å². The van der Waals surface area contributed by atoms with Gasteiger partial charge < -0.3 is 14.9 Å². The number of aliphatic hydroxyl groups excluding tert-OH is 1. The van der Waals surface area contributed by atoms with E-state index in [2.05, 4.69) is 15.9 Å². The molecule has 0 aromatic heterocycles. The molecule has 0 spiro atoms. The van der Waals surface area contributed by atoms with Crippen LogP contribution in [0, 0.1) is 0 Å². The molecule has 2 N–H and O–H groups in total. The maximum Gasteiger partial charge on any atom is 0.161 e. The quantitative estimate of drug-likeness (QED) is 0.816. The molecule has 0 aliphatic rings. The lowest BCUT2D eigenvalue weighted by Crippen LogP contribution is -1.89. The third-order valence-electron chi connectivity index (χ3n) is 1.52. The largest absolute Gasteiger partial charge is 0.504 e. The van der Waals surface area contributed by atoms with Crippen molar-refractivity contribution in [3.05, 3.63) is 22.2 Å². The monoisotopic (exact) mass is 232 g/mol. The van der Waals surface area contributed by atoms with Crippen molar-refractivity contribution in [2.75, 3.05) is 7.11 Å². The number of phenolic OH excluding ortho intramolecular Hbond substituents is 1. The number of hydrogen-bond donors (Lipinski definition) is 2. The van der Waals surface area contributed by atoms with Crippen LogP contribution in [0.25, 0.3) is 0 Å². The first-order valence-corrected chi connectivity index (χ1v) is 4.14. The van der Waals surface area contributed by atoms with Gasteiger partial charge in [0.15, 0.2) is 11.5 Å². The Kier molecular flexibility index (Phi) is 2.94. The van der Waals surface area contributed by atoms with Gasteiger partial charge in [0.25, 0.3) is 0 Å². The number of halogens is 1. The minimum absolute atomic E-state index is 0.0322. The van der Waals surface area contributed by atoms with Crippen molar-refractivity contribution in [1.82, 2.24) is 0 Å². The predicted molar refractivity (Wildman–Crippen MR) is 48.3 cm³/mol. The zero-order valence-corrected chi connectivity index (χ0v) is 8.13. The van der Waals surface area contributed by atoms with Crippen LogP contribution in [-0.4, -0.2) is 17.3 Å². The fraction of sp³-hybridized carbons (Fsp3) is 0.250. The van der Waals surface area contributed by atoms with Gasteiger partial charge in [0.05, 0.1) is 13.7 Å². The summed E-state index contributed by atoms with van der Waals surface area (Å²) in [7, 11) is 1.47. The maximum absolute atomic E-state index is 9.29. The summed E-state index contributed by atoms with van der Waals surface area (Å²) >= 11 is 3.23. The number of rotatable bonds is 2.